The van der Waals surface area contributed by atoms with Gasteiger partial charge in [0.05, 0.1) is 0 Å². The highest BCUT2D eigenvalue weighted by atomic mass is 32.1. The zero-order valence-corrected chi connectivity index (χ0v) is 14.7. The smallest absolute Gasteiger partial charge is 0.191 e. The Bertz CT molecular complexity index is 698. The number of rotatable bonds is 5. The van der Waals surface area contributed by atoms with Gasteiger partial charge in [-0.3, -0.25) is 9.89 Å². The third-order valence-electron chi connectivity index (χ3n) is 4.23. The van der Waals surface area contributed by atoms with Gasteiger partial charge in [0.25, 0.3) is 0 Å². The second kappa shape index (κ2) is 8.26. The highest BCUT2D eigenvalue weighted by Crippen LogP contribution is 2.23. The Morgan fingerprint density at radius 3 is 3.00 bits per heavy atom. The molecule has 0 saturated carbocycles. The molecule has 0 saturated heterocycles. The van der Waals surface area contributed by atoms with Gasteiger partial charge in [0, 0.05) is 50.2 Å². The van der Waals surface area contributed by atoms with E-state index in [2.05, 4.69) is 32.0 Å². The molecule has 0 spiro atoms. The predicted octanol–water partition coefficient (Wildman–Crippen LogP) is 2.61. The summed E-state index contributed by atoms with van der Waals surface area (Å²) in [5.41, 5.74) is 2.11. The molecule has 0 unspecified atom stereocenters. The van der Waals surface area contributed by atoms with E-state index in [0.29, 0.717) is 18.1 Å². The second-order valence-electron chi connectivity index (χ2n) is 5.84. The van der Waals surface area contributed by atoms with E-state index in [1.54, 1.807) is 19.2 Å². The van der Waals surface area contributed by atoms with Crippen LogP contribution < -0.4 is 10.6 Å². The van der Waals surface area contributed by atoms with Crippen LogP contribution in [0.15, 0.2) is 40.7 Å². The summed E-state index contributed by atoms with van der Waals surface area (Å²) in [4.78, 5) is 8.18. The number of aliphatic imine (C=N–C) groups is 1. The van der Waals surface area contributed by atoms with E-state index < -0.39 is 0 Å². The number of hydrogen-bond acceptors (Lipinski definition) is 3. The number of guanidine groups is 1. The van der Waals surface area contributed by atoms with E-state index in [1.165, 1.54) is 16.5 Å². The summed E-state index contributed by atoms with van der Waals surface area (Å²) in [5.74, 6) is 0.506. The van der Waals surface area contributed by atoms with Gasteiger partial charge < -0.3 is 10.6 Å². The molecule has 2 N–H and O–H groups in total. The van der Waals surface area contributed by atoms with E-state index in [-0.39, 0.29) is 5.82 Å². The number of halogens is 1. The van der Waals surface area contributed by atoms with E-state index in [4.69, 9.17) is 0 Å². The number of nitrogens with one attached hydrogen (secondary N) is 2. The molecule has 0 aliphatic carbocycles. The van der Waals surface area contributed by atoms with Crippen LogP contribution in [0.1, 0.15) is 16.0 Å². The van der Waals surface area contributed by atoms with Crippen molar-refractivity contribution in [2.45, 2.75) is 19.5 Å². The predicted molar refractivity (Wildman–Crippen MR) is 97.9 cm³/mol. The first-order chi connectivity index (χ1) is 11.8. The lowest BCUT2D eigenvalue weighted by Crippen LogP contribution is -2.42. The second-order valence-corrected chi connectivity index (χ2v) is 6.84. The van der Waals surface area contributed by atoms with Crippen molar-refractivity contribution in [2.75, 3.05) is 26.7 Å². The van der Waals surface area contributed by atoms with Crippen molar-refractivity contribution < 1.29 is 4.39 Å². The summed E-state index contributed by atoms with van der Waals surface area (Å²) in [7, 11) is 1.73. The van der Waals surface area contributed by atoms with Crippen molar-refractivity contribution in [3.63, 3.8) is 0 Å². The third kappa shape index (κ3) is 4.33. The maximum atomic E-state index is 13.6. The molecule has 1 aliphatic rings. The summed E-state index contributed by atoms with van der Waals surface area (Å²) in [5, 5.41) is 8.64. The Balaban J connectivity index is 1.41. The maximum absolute atomic E-state index is 13.6. The van der Waals surface area contributed by atoms with Gasteiger partial charge in [0.1, 0.15) is 5.82 Å². The van der Waals surface area contributed by atoms with Gasteiger partial charge in [-0.2, -0.15) is 0 Å². The van der Waals surface area contributed by atoms with E-state index in [1.807, 2.05) is 17.4 Å². The van der Waals surface area contributed by atoms with Gasteiger partial charge >= 0.3 is 0 Å². The minimum Gasteiger partial charge on any atom is -0.355 e. The molecule has 3 rings (SSSR count). The zero-order chi connectivity index (χ0) is 16.8. The molecule has 128 valence electrons. The Kier molecular flexibility index (Phi) is 5.82. The average Bonchev–Trinajstić information content (AvgIpc) is 3.07. The van der Waals surface area contributed by atoms with E-state index in [9.17, 15) is 4.39 Å². The molecule has 1 aliphatic heterocycles. The summed E-state index contributed by atoms with van der Waals surface area (Å²) < 4.78 is 13.6. The molecule has 0 atom stereocenters. The molecule has 2 aromatic rings. The lowest BCUT2D eigenvalue weighted by molar-refractivity contribution is 0.260. The first-order valence-corrected chi connectivity index (χ1v) is 9.10. The molecule has 0 fully saturated rings. The van der Waals surface area contributed by atoms with Gasteiger partial charge in [0.2, 0.25) is 0 Å². The van der Waals surface area contributed by atoms with Crippen LogP contribution in [0.4, 0.5) is 4.39 Å². The van der Waals surface area contributed by atoms with Crippen LogP contribution in [-0.4, -0.2) is 37.5 Å². The fraction of sp³-hybridized carbons (Fsp3) is 0.389. The topological polar surface area (TPSA) is 39.7 Å². The number of benzene rings is 1. The SMILES string of the molecule is CN=C(NCCN1CCc2sccc2C1)NCc1ccccc1F. The van der Waals surface area contributed by atoms with Crippen LogP contribution in [0.3, 0.4) is 0 Å². The quantitative estimate of drug-likeness (QED) is 0.646. The molecule has 0 amide bonds. The summed E-state index contributed by atoms with van der Waals surface area (Å²) in [6.07, 6.45) is 1.15. The standard InChI is InChI=1S/C18H23FN4S/c1-20-18(22-12-14-4-2-3-5-16(14)19)21-8-10-23-9-6-17-15(13-23)7-11-24-17/h2-5,7,11H,6,8-10,12-13H2,1H3,(H2,20,21,22). The van der Waals surface area contributed by atoms with Crippen molar-refractivity contribution in [3.8, 4) is 0 Å². The molecular weight excluding hydrogens is 323 g/mol. The van der Waals surface area contributed by atoms with Crippen molar-refractivity contribution >= 4 is 17.3 Å². The molecule has 0 radical (unpaired) electrons. The van der Waals surface area contributed by atoms with E-state index >= 15 is 0 Å². The van der Waals surface area contributed by atoms with Crippen molar-refractivity contribution in [3.05, 3.63) is 57.5 Å². The monoisotopic (exact) mass is 346 g/mol. The minimum absolute atomic E-state index is 0.194. The Hall–Kier alpha value is -1.92. The van der Waals surface area contributed by atoms with Crippen LogP contribution in [0.25, 0.3) is 0 Å². The summed E-state index contributed by atoms with van der Waals surface area (Å²) in [6, 6.07) is 9.02. The third-order valence-corrected chi connectivity index (χ3v) is 5.26. The lowest BCUT2D eigenvalue weighted by Gasteiger charge is -2.27. The van der Waals surface area contributed by atoms with Gasteiger partial charge in [-0.1, -0.05) is 18.2 Å². The first-order valence-electron chi connectivity index (χ1n) is 8.22. The van der Waals surface area contributed by atoms with Gasteiger partial charge in [-0.05, 0) is 29.5 Å². The van der Waals surface area contributed by atoms with Crippen molar-refractivity contribution in [2.24, 2.45) is 4.99 Å². The van der Waals surface area contributed by atoms with Crippen LogP contribution in [0, 0.1) is 5.82 Å². The van der Waals surface area contributed by atoms with E-state index in [0.717, 1.165) is 32.6 Å². The zero-order valence-electron chi connectivity index (χ0n) is 13.9. The van der Waals surface area contributed by atoms with Crippen molar-refractivity contribution in [1.82, 2.24) is 15.5 Å². The van der Waals surface area contributed by atoms with Gasteiger partial charge in [-0.25, -0.2) is 4.39 Å². The van der Waals surface area contributed by atoms with Crippen LogP contribution >= 0.6 is 11.3 Å². The molecule has 1 aromatic carbocycles. The van der Waals surface area contributed by atoms with Gasteiger partial charge in [0.15, 0.2) is 5.96 Å². The highest BCUT2D eigenvalue weighted by molar-refractivity contribution is 7.10. The molecule has 1 aromatic heterocycles. The molecule has 4 nitrogen and oxygen atoms in total. The Labute approximate surface area is 146 Å². The largest absolute Gasteiger partial charge is 0.355 e. The maximum Gasteiger partial charge on any atom is 0.191 e. The number of thiophene rings is 1. The molecule has 24 heavy (non-hydrogen) atoms. The number of fused-ring (bicyclic) bond motifs is 1. The Morgan fingerprint density at radius 2 is 2.17 bits per heavy atom. The minimum atomic E-state index is -0.194. The summed E-state index contributed by atoms with van der Waals surface area (Å²) in [6.45, 7) is 4.35. The molecule has 2 heterocycles. The molecule has 0 bridgehead atoms. The molecular formula is C18H23FN4S. The Morgan fingerprint density at radius 1 is 1.29 bits per heavy atom. The van der Waals surface area contributed by atoms with Crippen LogP contribution in [0.5, 0.6) is 0 Å². The normalized spacial score (nSPS) is 15.2. The van der Waals surface area contributed by atoms with Crippen LogP contribution in [-0.2, 0) is 19.5 Å². The summed E-state index contributed by atoms with van der Waals surface area (Å²) >= 11 is 1.86. The lowest BCUT2D eigenvalue weighted by atomic mass is 10.1. The van der Waals surface area contributed by atoms with Crippen molar-refractivity contribution in [1.29, 1.82) is 0 Å². The number of nitrogens with zero attached hydrogens (tertiary/aromatic N) is 2. The fourth-order valence-electron chi connectivity index (χ4n) is 2.87. The first kappa shape index (κ1) is 16.9. The average molecular weight is 346 g/mol. The fourth-order valence-corrected chi connectivity index (χ4v) is 3.76. The molecule has 6 heteroatoms. The van der Waals surface area contributed by atoms with Gasteiger partial charge in [-0.15, -0.1) is 11.3 Å². The highest BCUT2D eigenvalue weighted by Gasteiger charge is 2.16. The van der Waals surface area contributed by atoms with Crippen LogP contribution in [0.2, 0.25) is 0 Å². The number of hydrogen-bond donors (Lipinski definition) is 2.